The molecule has 1 unspecified atom stereocenters. The van der Waals surface area contributed by atoms with Gasteiger partial charge in [-0.2, -0.15) is 0 Å². The quantitative estimate of drug-likeness (QED) is 0.0819. The number of ether oxygens (including phenoxy) is 1. The summed E-state index contributed by atoms with van der Waals surface area (Å²) in [5.74, 6) is -1.32. The molecule has 0 aromatic heterocycles. The van der Waals surface area contributed by atoms with Crippen molar-refractivity contribution in [1.82, 2.24) is 10.2 Å². The minimum absolute atomic E-state index is 0.0712. The number of allylic oxidation sites excluding steroid dienone is 4. The number of nitrogens with zero attached hydrogens (tertiary/aromatic N) is 3. The number of piperidine rings is 1. The van der Waals surface area contributed by atoms with E-state index >= 15 is 0 Å². The van der Waals surface area contributed by atoms with Gasteiger partial charge in [0.2, 0.25) is 5.91 Å². The number of carbonyl (C=O) groups excluding carboxylic acids is 4. The van der Waals surface area contributed by atoms with E-state index in [-0.39, 0.29) is 35.9 Å². The smallest absolute Gasteiger partial charge is 0.411 e. The third kappa shape index (κ3) is 11.1. The number of aliphatic hydroxyl groups is 2. The first-order valence-corrected chi connectivity index (χ1v) is 20.5. The molecule has 3 aliphatic rings. The predicted octanol–water partition coefficient (Wildman–Crippen LogP) is 6.70. The summed E-state index contributed by atoms with van der Waals surface area (Å²) < 4.78 is 5.77. The van der Waals surface area contributed by atoms with Gasteiger partial charge in [-0.3, -0.25) is 19.7 Å². The number of benzene rings is 4. The Morgan fingerprint density at radius 1 is 0.918 bits per heavy atom. The van der Waals surface area contributed by atoms with E-state index in [1.165, 1.54) is 12.2 Å². The zero-order valence-electron chi connectivity index (χ0n) is 34.0. The van der Waals surface area contributed by atoms with Crippen molar-refractivity contribution in [3.8, 4) is 11.1 Å². The SMILES string of the molecule is CN(C(=O)CCN1CCC(OC(=O)Nc2ccccc2-c2ccccc2)CC1)c1cccc(C(=O)Nc2ccc(CCNC[C@H](O)C3=CC=C(O)C4=NC(=O)C=CC34)cc2)c1. The molecular formula is C48H50N6O7. The van der Waals surface area contributed by atoms with Gasteiger partial charge in [-0.25, -0.2) is 9.79 Å². The summed E-state index contributed by atoms with van der Waals surface area (Å²) in [4.78, 5) is 58.6. The molecule has 2 heterocycles. The minimum atomic E-state index is -0.833. The minimum Gasteiger partial charge on any atom is -0.506 e. The van der Waals surface area contributed by atoms with Crippen LogP contribution in [0.4, 0.5) is 21.9 Å². The van der Waals surface area contributed by atoms with Crippen LogP contribution in [0.15, 0.2) is 144 Å². The number of rotatable bonds is 15. The zero-order valence-corrected chi connectivity index (χ0v) is 34.0. The molecular weight excluding hydrogens is 773 g/mol. The van der Waals surface area contributed by atoms with Crippen LogP contribution in [0.25, 0.3) is 11.1 Å². The van der Waals surface area contributed by atoms with Crippen LogP contribution in [0.3, 0.4) is 0 Å². The molecule has 7 rings (SSSR count). The van der Waals surface area contributed by atoms with Crippen LogP contribution in [0.2, 0.25) is 0 Å². The van der Waals surface area contributed by atoms with E-state index in [1.807, 2.05) is 78.9 Å². The number of anilines is 3. The number of dihydropyridines is 1. The van der Waals surface area contributed by atoms with Crippen LogP contribution < -0.4 is 20.9 Å². The Kier molecular flexibility index (Phi) is 14.0. The normalized spacial score (nSPS) is 17.0. The summed E-state index contributed by atoms with van der Waals surface area (Å²) in [5, 5.41) is 30.0. The largest absolute Gasteiger partial charge is 0.506 e. The van der Waals surface area contributed by atoms with Crippen LogP contribution in [0.5, 0.6) is 0 Å². The second-order valence-corrected chi connectivity index (χ2v) is 15.2. The average Bonchev–Trinajstić information content (AvgIpc) is 3.28. The molecule has 2 aliphatic heterocycles. The molecule has 0 spiro atoms. The summed E-state index contributed by atoms with van der Waals surface area (Å²) in [5.41, 5.74) is 6.23. The van der Waals surface area contributed by atoms with Gasteiger partial charge >= 0.3 is 6.09 Å². The van der Waals surface area contributed by atoms with Gasteiger partial charge in [0.05, 0.1) is 17.5 Å². The third-order valence-electron chi connectivity index (χ3n) is 11.1. The van der Waals surface area contributed by atoms with Gasteiger partial charge in [0.25, 0.3) is 11.8 Å². The molecule has 2 atom stereocenters. The molecule has 4 aromatic carbocycles. The second kappa shape index (κ2) is 20.1. The summed E-state index contributed by atoms with van der Waals surface area (Å²) >= 11 is 0. The lowest BCUT2D eigenvalue weighted by Crippen LogP contribution is -2.40. The number of fused-ring (bicyclic) bond motifs is 1. The molecule has 314 valence electrons. The van der Waals surface area contributed by atoms with E-state index in [0.29, 0.717) is 80.1 Å². The highest BCUT2D eigenvalue weighted by Crippen LogP contribution is 2.30. The van der Waals surface area contributed by atoms with E-state index < -0.39 is 24.0 Å². The molecule has 0 saturated carbocycles. The molecule has 13 nitrogen and oxygen atoms in total. The second-order valence-electron chi connectivity index (χ2n) is 15.2. The Labute approximate surface area is 355 Å². The Morgan fingerprint density at radius 3 is 2.46 bits per heavy atom. The maximum absolute atomic E-state index is 13.2. The first-order valence-electron chi connectivity index (χ1n) is 20.5. The van der Waals surface area contributed by atoms with Crippen LogP contribution in [-0.2, 0) is 20.7 Å². The van der Waals surface area contributed by atoms with E-state index in [2.05, 4.69) is 25.8 Å². The molecule has 0 bridgehead atoms. The van der Waals surface area contributed by atoms with Crippen LogP contribution in [0, 0.1) is 5.92 Å². The van der Waals surface area contributed by atoms with Crippen molar-refractivity contribution < 1.29 is 34.1 Å². The fourth-order valence-electron chi connectivity index (χ4n) is 7.64. The number of amides is 4. The number of aliphatic hydroxyl groups excluding tert-OH is 2. The molecule has 61 heavy (non-hydrogen) atoms. The average molecular weight is 823 g/mol. The highest BCUT2D eigenvalue weighted by molar-refractivity contribution is 6.13. The number of hydrogen-bond donors (Lipinski definition) is 5. The van der Waals surface area contributed by atoms with Gasteiger partial charge in [0.1, 0.15) is 11.9 Å². The fraction of sp³-hybridized carbons (Fsp3) is 0.271. The Bertz CT molecular complexity index is 2350. The van der Waals surface area contributed by atoms with Crippen LogP contribution >= 0.6 is 0 Å². The first-order chi connectivity index (χ1) is 29.6. The number of hydrogen-bond acceptors (Lipinski definition) is 9. The number of aliphatic imine (C=N–C) groups is 1. The van der Waals surface area contributed by atoms with Crippen molar-refractivity contribution in [1.29, 1.82) is 0 Å². The standard InChI is InChI=1S/C48H50N6O7/c1-53(45(58)25-29-54-27-23-37(24-28-54)61-48(60)51-41-13-6-5-12-38(41)33-8-3-2-4-9-33)36-11-7-10-34(30-36)47(59)50-35-16-14-32(15-17-35)22-26-49-31-43(56)39-18-20-42(55)46-40(39)19-21-44(57)52-46/h2-21,30,37,40,43,49,55-56H,22-29,31H2,1H3,(H,50,59)(H,51,60)/t40?,43-/m0/s1. The number of likely N-dealkylation sites (tertiary alicyclic amines) is 1. The van der Waals surface area contributed by atoms with Crippen LogP contribution in [-0.4, -0.2) is 96.6 Å². The van der Waals surface area contributed by atoms with E-state index in [9.17, 15) is 29.4 Å². The summed E-state index contributed by atoms with van der Waals surface area (Å²) in [6.45, 7) is 2.86. The lowest BCUT2D eigenvalue weighted by Gasteiger charge is -2.31. The number of carbonyl (C=O) groups is 4. The van der Waals surface area contributed by atoms with Crippen molar-refractivity contribution in [3.63, 3.8) is 0 Å². The van der Waals surface area contributed by atoms with E-state index in [0.717, 1.165) is 16.7 Å². The molecule has 5 N–H and O–H groups in total. The molecule has 1 saturated heterocycles. The highest BCUT2D eigenvalue weighted by Gasteiger charge is 2.31. The van der Waals surface area contributed by atoms with Gasteiger partial charge in [0.15, 0.2) is 0 Å². The van der Waals surface area contributed by atoms with Crippen molar-refractivity contribution in [2.75, 3.05) is 55.3 Å². The van der Waals surface area contributed by atoms with Gasteiger partial charge in [-0.05, 0) is 85.0 Å². The lowest BCUT2D eigenvalue weighted by atomic mass is 9.84. The van der Waals surface area contributed by atoms with Gasteiger partial charge in [0, 0.05) is 74.1 Å². The Hall–Kier alpha value is -6.67. The fourth-order valence-corrected chi connectivity index (χ4v) is 7.64. The summed E-state index contributed by atoms with van der Waals surface area (Å²) in [6.07, 6.45) is 6.90. The van der Waals surface area contributed by atoms with Gasteiger partial charge in [-0.1, -0.05) is 78.9 Å². The Balaban J connectivity index is 0.807. The maximum atomic E-state index is 13.2. The van der Waals surface area contributed by atoms with E-state index in [4.69, 9.17) is 4.74 Å². The molecule has 4 amide bonds. The third-order valence-corrected chi connectivity index (χ3v) is 11.1. The van der Waals surface area contributed by atoms with Crippen molar-refractivity contribution in [2.24, 2.45) is 10.9 Å². The Morgan fingerprint density at radius 2 is 1.67 bits per heavy atom. The molecule has 4 aromatic rings. The molecule has 0 radical (unpaired) electrons. The maximum Gasteiger partial charge on any atom is 0.411 e. The van der Waals surface area contributed by atoms with Crippen molar-refractivity contribution in [2.45, 2.75) is 37.9 Å². The van der Waals surface area contributed by atoms with Crippen molar-refractivity contribution in [3.05, 3.63) is 150 Å². The number of nitrogens with one attached hydrogen (secondary N) is 3. The predicted molar refractivity (Wildman–Crippen MR) is 237 cm³/mol. The molecule has 1 aliphatic carbocycles. The monoisotopic (exact) mass is 822 g/mol. The molecule has 1 fully saturated rings. The highest BCUT2D eigenvalue weighted by atomic mass is 16.6. The first kappa shape index (κ1) is 42.5. The summed E-state index contributed by atoms with van der Waals surface area (Å²) in [6, 6.07) is 32.0. The van der Waals surface area contributed by atoms with Gasteiger partial charge < -0.3 is 35.4 Å². The lowest BCUT2D eigenvalue weighted by molar-refractivity contribution is -0.118. The zero-order chi connectivity index (χ0) is 42.7. The van der Waals surface area contributed by atoms with Gasteiger partial charge in [-0.15, -0.1) is 0 Å². The number of para-hydroxylation sites is 1. The van der Waals surface area contributed by atoms with Crippen LogP contribution in [0.1, 0.15) is 35.2 Å². The molecule has 13 heteroatoms. The topological polar surface area (TPSA) is 173 Å². The van der Waals surface area contributed by atoms with E-state index in [1.54, 1.807) is 48.4 Å². The summed E-state index contributed by atoms with van der Waals surface area (Å²) in [7, 11) is 1.71. The van der Waals surface area contributed by atoms with Crippen molar-refractivity contribution >= 4 is 46.6 Å².